The van der Waals surface area contributed by atoms with Crippen LogP contribution < -0.4 is 19.6 Å². The van der Waals surface area contributed by atoms with Gasteiger partial charge in [-0.15, -0.1) is 0 Å². The number of unbranched alkanes of at least 4 members (excludes halogenated alkanes) is 15. The van der Waals surface area contributed by atoms with Crippen molar-refractivity contribution in [3.05, 3.63) is 90.7 Å². The molecule has 0 N–H and O–H groups in total. The highest BCUT2D eigenvalue weighted by Gasteiger charge is 2.23. The minimum Gasteiger partial charge on any atom is -0.489 e. The van der Waals surface area contributed by atoms with Crippen LogP contribution in [0.3, 0.4) is 0 Å². The summed E-state index contributed by atoms with van der Waals surface area (Å²) in [5.74, 6) is 1.38. The van der Waals surface area contributed by atoms with Crippen molar-refractivity contribution in [3.8, 4) is 28.5 Å². The third-order valence-electron chi connectivity index (χ3n) is 8.62. The number of aromatic nitrogens is 1. The molecule has 0 amide bonds. The van der Waals surface area contributed by atoms with Crippen LogP contribution in [0.25, 0.3) is 22.2 Å². The number of aryl methyl sites for hydroxylation is 1. The summed E-state index contributed by atoms with van der Waals surface area (Å²) in [5.41, 5.74) is 2.24. The number of nitrogens with zero attached hydrogens (tertiary/aromatic N) is 1. The van der Waals surface area contributed by atoms with E-state index in [1.165, 1.54) is 89.9 Å². The molecule has 0 saturated carbocycles. The average molecular weight is 642 g/mol. The lowest BCUT2D eigenvalue weighted by Crippen LogP contribution is -2.18. The molecule has 3 rings (SSSR count). The molecule has 5 heteroatoms. The summed E-state index contributed by atoms with van der Waals surface area (Å²) in [7, 11) is 0. The largest absolute Gasteiger partial charge is 0.489 e. The molecule has 1 heterocycles. The number of rotatable bonds is 27. The van der Waals surface area contributed by atoms with E-state index in [0.29, 0.717) is 29.2 Å². The Morgan fingerprint density at radius 2 is 1.15 bits per heavy atom. The second-order valence-corrected chi connectivity index (χ2v) is 12.4. The van der Waals surface area contributed by atoms with E-state index in [1.807, 2.05) is 36.4 Å². The van der Waals surface area contributed by atoms with Gasteiger partial charge in [0.05, 0.1) is 16.6 Å². The highest BCUT2D eigenvalue weighted by Crippen LogP contribution is 2.37. The van der Waals surface area contributed by atoms with Gasteiger partial charge in [0.15, 0.2) is 5.75 Å². The Balaban J connectivity index is 1.73. The Hall–Kier alpha value is -3.73. The maximum absolute atomic E-state index is 14.2. The van der Waals surface area contributed by atoms with E-state index in [1.54, 1.807) is 24.3 Å². The topological polar surface area (TPSA) is 49.7 Å². The van der Waals surface area contributed by atoms with Crippen molar-refractivity contribution in [2.75, 3.05) is 19.8 Å². The fourth-order valence-corrected chi connectivity index (χ4v) is 6.19. The molecular weight excluding hydrogens is 582 g/mol. The Morgan fingerprint density at radius 3 is 1.70 bits per heavy atom. The van der Waals surface area contributed by atoms with Gasteiger partial charge >= 0.3 is 0 Å². The lowest BCUT2D eigenvalue weighted by Gasteiger charge is -2.22. The van der Waals surface area contributed by atoms with E-state index < -0.39 is 0 Å². The summed E-state index contributed by atoms with van der Waals surface area (Å²) in [4.78, 5) is 14.2. The molecule has 2 aromatic carbocycles. The summed E-state index contributed by atoms with van der Waals surface area (Å²) >= 11 is 0. The molecule has 0 aliphatic rings. The summed E-state index contributed by atoms with van der Waals surface area (Å²) < 4.78 is 20.4. The van der Waals surface area contributed by atoms with Gasteiger partial charge in [-0.05, 0) is 6.42 Å². The third-order valence-corrected chi connectivity index (χ3v) is 8.62. The smallest absolute Gasteiger partial charge is 0.235 e. The van der Waals surface area contributed by atoms with Crippen LogP contribution in [0, 0.1) is 0 Å². The molecule has 3 aromatic rings. The van der Waals surface area contributed by atoms with Crippen LogP contribution in [0.15, 0.2) is 85.2 Å². The van der Waals surface area contributed by atoms with Gasteiger partial charge in [-0.2, -0.15) is 0 Å². The molecule has 5 nitrogen and oxygen atoms in total. The summed E-state index contributed by atoms with van der Waals surface area (Å²) in [5, 5.41) is 0.480. The average Bonchev–Trinajstić information content (AvgIpc) is 3.09. The molecule has 0 fully saturated rings. The molecule has 1 aromatic heterocycles. The zero-order valence-electron chi connectivity index (χ0n) is 29.1. The molecule has 0 bridgehead atoms. The van der Waals surface area contributed by atoms with Crippen LogP contribution in [0.4, 0.5) is 0 Å². The molecule has 0 unspecified atom stereocenters. The number of pyridine rings is 1. The van der Waals surface area contributed by atoms with Crippen molar-refractivity contribution in [3.63, 3.8) is 0 Å². The number of hydrogen-bond acceptors (Lipinski definition) is 4. The Morgan fingerprint density at radius 1 is 0.638 bits per heavy atom. The van der Waals surface area contributed by atoms with Crippen molar-refractivity contribution in [2.45, 2.75) is 116 Å². The van der Waals surface area contributed by atoms with E-state index in [-0.39, 0.29) is 18.6 Å². The molecule has 0 atom stereocenters. The first kappa shape index (κ1) is 37.7. The molecule has 0 aliphatic heterocycles. The first-order valence-corrected chi connectivity index (χ1v) is 18.2. The zero-order valence-corrected chi connectivity index (χ0v) is 29.1. The standard InChI is InChI=1S/C42H59NO4/c1-5-9-10-11-12-13-14-15-16-17-18-19-20-21-22-26-29-43-37-33-36(45-30-6-2)34-38(46-31-7-3)39(37)41(44)42(47-32-8-4)40(43)35-27-24-23-25-28-35/h6-8,23-25,27-28,33-34H,2-5,9-22,26,29-32H2,1H3. The van der Waals surface area contributed by atoms with Crippen LogP contribution in [-0.4, -0.2) is 24.4 Å². The highest BCUT2D eigenvalue weighted by atomic mass is 16.5. The van der Waals surface area contributed by atoms with Crippen molar-refractivity contribution >= 4 is 10.9 Å². The summed E-state index contributed by atoms with van der Waals surface area (Å²) in [6, 6.07) is 13.7. The number of fused-ring (bicyclic) bond motifs is 1. The van der Waals surface area contributed by atoms with Crippen molar-refractivity contribution < 1.29 is 14.2 Å². The van der Waals surface area contributed by atoms with E-state index in [2.05, 4.69) is 31.2 Å². The van der Waals surface area contributed by atoms with Gasteiger partial charge in [0.1, 0.15) is 31.3 Å². The van der Waals surface area contributed by atoms with E-state index >= 15 is 0 Å². The van der Waals surface area contributed by atoms with Gasteiger partial charge in [-0.25, -0.2) is 0 Å². The lowest BCUT2D eigenvalue weighted by atomic mass is 10.0. The molecule has 0 aliphatic carbocycles. The molecule has 0 saturated heterocycles. The second-order valence-electron chi connectivity index (χ2n) is 12.4. The molecule has 0 spiro atoms. The molecular formula is C42H59NO4. The molecule has 47 heavy (non-hydrogen) atoms. The lowest BCUT2D eigenvalue weighted by molar-refractivity contribution is 0.345. The van der Waals surface area contributed by atoms with Gasteiger partial charge < -0.3 is 18.8 Å². The normalized spacial score (nSPS) is 11.0. The van der Waals surface area contributed by atoms with E-state index in [4.69, 9.17) is 14.2 Å². The molecule has 256 valence electrons. The number of benzene rings is 2. The van der Waals surface area contributed by atoms with Gasteiger partial charge in [0, 0.05) is 24.2 Å². The Labute approximate surface area is 284 Å². The van der Waals surface area contributed by atoms with Gasteiger partial charge in [0.2, 0.25) is 5.43 Å². The van der Waals surface area contributed by atoms with Gasteiger partial charge in [-0.1, -0.05) is 172 Å². The fourth-order valence-electron chi connectivity index (χ4n) is 6.19. The monoisotopic (exact) mass is 641 g/mol. The highest BCUT2D eigenvalue weighted by molar-refractivity contribution is 5.92. The minimum absolute atomic E-state index is 0.210. The second kappa shape index (κ2) is 22.7. The predicted molar refractivity (Wildman–Crippen MR) is 200 cm³/mol. The van der Waals surface area contributed by atoms with Crippen LogP contribution in [0.2, 0.25) is 0 Å². The predicted octanol–water partition coefficient (Wildman–Crippen LogP) is 11.6. The van der Waals surface area contributed by atoms with Crippen LogP contribution in [-0.2, 0) is 6.54 Å². The Bertz CT molecular complexity index is 1410. The molecule has 0 radical (unpaired) electrons. The van der Waals surface area contributed by atoms with Crippen molar-refractivity contribution in [2.24, 2.45) is 0 Å². The van der Waals surface area contributed by atoms with Crippen molar-refractivity contribution in [1.82, 2.24) is 4.57 Å². The summed E-state index contributed by atoms with van der Waals surface area (Å²) in [6.45, 7) is 15.3. The SMILES string of the molecule is C=CCOc1cc(OCC=C)c2c(=O)c(OCC=C)c(-c3ccccc3)n(CCCCCCCCCCCCCCCCCC)c2c1. The first-order chi connectivity index (χ1) is 23.2. The van der Waals surface area contributed by atoms with E-state index in [0.717, 1.165) is 36.2 Å². The number of hydrogen-bond donors (Lipinski definition) is 0. The van der Waals surface area contributed by atoms with Gasteiger partial charge in [-0.3, -0.25) is 4.79 Å². The zero-order chi connectivity index (χ0) is 33.5. The van der Waals surface area contributed by atoms with Gasteiger partial charge in [0.25, 0.3) is 0 Å². The fraction of sp³-hybridized carbons (Fsp3) is 0.500. The number of ether oxygens (including phenoxy) is 3. The summed E-state index contributed by atoms with van der Waals surface area (Å²) in [6.07, 6.45) is 26.2. The Kier molecular flexibility index (Phi) is 18.3. The third kappa shape index (κ3) is 12.4. The quantitative estimate of drug-likeness (QED) is 0.0614. The first-order valence-electron chi connectivity index (χ1n) is 18.2. The van der Waals surface area contributed by atoms with E-state index in [9.17, 15) is 4.79 Å². The maximum Gasteiger partial charge on any atom is 0.235 e. The van der Waals surface area contributed by atoms with Crippen molar-refractivity contribution in [1.29, 1.82) is 0 Å². The maximum atomic E-state index is 14.2. The minimum atomic E-state index is -0.210. The van der Waals surface area contributed by atoms with Crippen LogP contribution in [0.1, 0.15) is 110 Å². The van der Waals surface area contributed by atoms with Crippen LogP contribution >= 0.6 is 0 Å². The van der Waals surface area contributed by atoms with Crippen LogP contribution in [0.5, 0.6) is 17.2 Å².